The molecule has 0 N–H and O–H groups in total. The van der Waals surface area contributed by atoms with Gasteiger partial charge in [-0.05, 0) is 38.2 Å². The molecule has 1 aromatic carbocycles. The molecule has 0 unspecified atom stereocenters. The Labute approximate surface area is 185 Å². The van der Waals surface area contributed by atoms with Gasteiger partial charge in [0.15, 0.2) is 5.16 Å². The van der Waals surface area contributed by atoms with Gasteiger partial charge in [-0.25, -0.2) is 4.98 Å². The summed E-state index contributed by atoms with van der Waals surface area (Å²) in [6.45, 7) is 8.88. The van der Waals surface area contributed by atoms with Crippen molar-refractivity contribution in [2.45, 2.75) is 88.8 Å². The van der Waals surface area contributed by atoms with Gasteiger partial charge in [0.25, 0.3) is 5.56 Å². The lowest BCUT2D eigenvalue weighted by atomic mass is 9.62. The predicted molar refractivity (Wildman–Crippen MR) is 127 cm³/mol. The van der Waals surface area contributed by atoms with Crippen LogP contribution in [-0.4, -0.2) is 15.3 Å². The minimum Gasteiger partial charge on any atom is -0.283 e. The van der Waals surface area contributed by atoms with Crippen LogP contribution in [0.1, 0.15) is 76.3 Å². The normalized spacial score (nSPS) is 16.9. The van der Waals surface area contributed by atoms with Crippen molar-refractivity contribution in [1.29, 1.82) is 0 Å². The molecule has 0 amide bonds. The Morgan fingerprint density at radius 2 is 1.97 bits per heavy atom. The standard InChI is InChI=1S/C26H34N2OS/c1-4-5-11-16-30-25-27-23-21-13-8-7-12-20(21)17-26(14-9-6-10-15-26)22(23)24(29)28(25)18-19(2)3/h7-8,12-13H,2,4-6,9-11,14-18H2,1,3H3. The highest BCUT2D eigenvalue weighted by atomic mass is 32.2. The molecular formula is C26H34N2OS. The molecule has 2 aromatic rings. The largest absolute Gasteiger partial charge is 0.283 e. The van der Waals surface area contributed by atoms with Crippen LogP contribution in [0.2, 0.25) is 0 Å². The van der Waals surface area contributed by atoms with E-state index in [1.54, 1.807) is 11.8 Å². The van der Waals surface area contributed by atoms with E-state index < -0.39 is 0 Å². The van der Waals surface area contributed by atoms with Gasteiger partial charge in [-0.1, -0.05) is 87.2 Å². The fourth-order valence-corrected chi connectivity index (χ4v) is 6.25. The molecule has 0 atom stereocenters. The van der Waals surface area contributed by atoms with E-state index in [-0.39, 0.29) is 11.0 Å². The fourth-order valence-electron chi connectivity index (χ4n) is 5.26. The van der Waals surface area contributed by atoms with Gasteiger partial charge in [0.05, 0.1) is 11.3 Å². The van der Waals surface area contributed by atoms with E-state index in [4.69, 9.17) is 4.98 Å². The predicted octanol–water partition coefficient (Wildman–Crippen LogP) is 6.53. The van der Waals surface area contributed by atoms with Crippen molar-refractivity contribution < 1.29 is 0 Å². The number of benzene rings is 1. The number of rotatable bonds is 7. The topological polar surface area (TPSA) is 34.9 Å². The van der Waals surface area contributed by atoms with Crippen LogP contribution in [0.5, 0.6) is 0 Å². The van der Waals surface area contributed by atoms with Crippen LogP contribution >= 0.6 is 11.8 Å². The van der Waals surface area contributed by atoms with Gasteiger partial charge >= 0.3 is 0 Å². The van der Waals surface area contributed by atoms with Crippen LogP contribution < -0.4 is 5.56 Å². The quantitative estimate of drug-likeness (QED) is 0.220. The molecule has 160 valence electrons. The maximum atomic E-state index is 14.0. The van der Waals surface area contributed by atoms with E-state index in [9.17, 15) is 4.79 Å². The Bertz CT molecular complexity index is 985. The monoisotopic (exact) mass is 422 g/mol. The molecule has 2 aliphatic rings. The van der Waals surface area contributed by atoms with Gasteiger partial charge < -0.3 is 0 Å². The second kappa shape index (κ2) is 9.13. The Balaban J connectivity index is 1.89. The highest BCUT2D eigenvalue weighted by Crippen LogP contribution is 2.48. The number of fused-ring (bicyclic) bond motifs is 4. The molecule has 1 saturated carbocycles. The van der Waals surface area contributed by atoms with Crippen LogP contribution in [0.3, 0.4) is 0 Å². The average molecular weight is 423 g/mol. The number of hydrogen-bond acceptors (Lipinski definition) is 3. The summed E-state index contributed by atoms with van der Waals surface area (Å²) in [5.41, 5.74) is 5.60. The van der Waals surface area contributed by atoms with Crippen molar-refractivity contribution in [3.63, 3.8) is 0 Å². The molecule has 0 aliphatic heterocycles. The number of aromatic nitrogens is 2. The second-order valence-electron chi connectivity index (χ2n) is 9.20. The average Bonchev–Trinajstić information content (AvgIpc) is 2.74. The molecule has 3 nitrogen and oxygen atoms in total. The summed E-state index contributed by atoms with van der Waals surface area (Å²) in [6.07, 6.45) is 10.4. The van der Waals surface area contributed by atoms with Crippen LogP contribution in [-0.2, 0) is 18.4 Å². The maximum Gasteiger partial charge on any atom is 0.258 e. The molecule has 0 radical (unpaired) electrons. The second-order valence-corrected chi connectivity index (χ2v) is 10.3. The first-order valence-electron chi connectivity index (χ1n) is 11.6. The van der Waals surface area contributed by atoms with E-state index in [1.807, 2.05) is 11.5 Å². The van der Waals surface area contributed by atoms with Crippen LogP contribution in [0.4, 0.5) is 0 Å². The van der Waals surface area contributed by atoms with E-state index in [2.05, 4.69) is 37.8 Å². The van der Waals surface area contributed by atoms with Gasteiger partial charge in [-0.15, -0.1) is 0 Å². The molecule has 1 heterocycles. The zero-order valence-electron chi connectivity index (χ0n) is 18.5. The highest BCUT2D eigenvalue weighted by molar-refractivity contribution is 7.99. The lowest BCUT2D eigenvalue weighted by molar-refractivity contribution is 0.282. The number of nitrogens with zero attached hydrogens (tertiary/aromatic N) is 2. The third-order valence-corrected chi connectivity index (χ3v) is 7.75. The Kier molecular flexibility index (Phi) is 6.52. The maximum absolute atomic E-state index is 14.0. The molecule has 0 bridgehead atoms. The van der Waals surface area contributed by atoms with E-state index in [1.165, 1.54) is 43.2 Å². The van der Waals surface area contributed by atoms with Crippen LogP contribution in [0.25, 0.3) is 11.3 Å². The Morgan fingerprint density at radius 3 is 2.70 bits per heavy atom. The molecule has 4 rings (SSSR count). The Hall–Kier alpha value is -1.81. The van der Waals surface area contributed by atoms with Gasteiger partial charge in [0.1, 0.15) is 0 Å². The lowest BCUT2D eigenvalue weighted by Crippen LogP contribution is -2.43. The van der Waals surface area contributed by atoms with E-state index in [0.717, 1.165) is 53.4 Å². The molecule has 1 spiro atoms. The summed E-state index contributed by atoms with van der Waals surface area (Å²) in [7, 11) is 0. The van der Waals surface area contributed by atoms with Crippen molar-refractivity contribution in [1.82, 2.24) is 9.55 Å². The fraction of sp³-hybridized carbons (Fsp3) is 0.538. The summed E-state index contributed by atoms with van der Waals surface area (Å²) >= 11 is 1.74. The number of allylic oxidation sites excluding steroid dienone is 1. The molecule has 1 aromatic heterocycles. The molecule has 0 saturated heterocycles. The van der Waals surface area contributed by atoms with Gasteiger partial charge in [-0.2, -0.15) is 0 Å². The molecule has 4 heteroatoms. The van der Waals surface area contributed by atoms with E-state index in [0.29, 0.717) is 6.54 Å². The van der Waals surface area contributed by atoms with Gasteiger partial charge in [-0.3, -0.25) is 9.36 Å². The molecule has 1 fully saturated rings. The van der Waals surface area contributed by atoms with Crippen molar-refractivity contribution in [3.8, 4) is 11.3 Å². The highest BCUT2D eigenvalue weighted by Gasteiger charge is 2.43. The van der Waals surface area contributed by atoms with Crippen molar-refractivity contribution >= 4 is 11.8 Å². The first kappa shape index (κ1) is 21.4. The third kappa shape index (κ3) is 4.03. The summed E-state index contributed by atoms with van der Waals surface area (Å²) in [5, 5.41) is 0.862. The smallest absolute Gasteiger partial charge is 0.258 e. The number of unbranched alkanes of at least 4 members (excludes halogenated alkanes) is 2. The van der Waals surface area contributed by atoms with Crippen molar-refractivity contribution in [2.24, 2.45) is 0 Å². The van der Waals surface area contributed by atoms with Crippen molar-refractivity contribution in [2.75, 3.05) is 5.75 Å². The Morgan fingerprint density at radius 1 is 1.20 bits per heavy atom. The first-order valence-corrected chi connectivity index (χ1v) is 12.5. The summed E-state index contributed by atoms with van der Waals surface area (Å²) < 4.78 is 1.92. The van der Waals surface area contributed by atoms with E-state index >= 15 is 0 Å². The molecule has 2 aliphatic carbocycles. The van der Waals surface area contributed by atoms with Crippen molar-refractivity contribution in [3.05, 3.63) is 57.9 Å². The van der Waals surface area contributed by atoms with Crippen LogP contribution in [0.15, 0.2) is 46.4 Å². The minimum absolute atomic E-state index is 0.0474. The third-order valence-electron chi connectivity index (χ3n) is 6.68. The SMILES string of the molecule is C=C(C)Cn1c(SCCCCC)nc2c(c1=O)C1(CCCCC1)Cc1ccccc1-2. The molecule has 30 heavy (non-hydrogen) atoms. The first-order chi connectivity index (χ1) is 14.6. The number of thioether (sulfide) groups is 1. The molecular weight excluding hydrogens is 388 g/mol. The number of hydrogen-bond donors (Lipinski definition) is 0. The van der Waals surface area contributed by atoms with Gasteiger partial charge in [0.2, 0.25) is 0 Å². The lowest BCUT2D eigenvalue weighted by Gasteiger charge is -2.42. The summed E-state index contributed by atoms with van der Waals surface area (Å²) in [5.74, 6) is 1.00. The zero-order valence-corrected chi connectivity index (χ0v) is 19.3. The van der Waals surface area contributed by atoms with Crippen LogP contribution in [0, 0.1) is 0 Å². The zero-order chi connectivity index (χ0) is 21.1. The minimum atomic E-state index is -0.0474. The van der Waals surface area contributed by atoms with Gasteiger partial charge in [0, 0.05) is 23.3 Å². The summed E-state index contributed by atoms with van der Waals surface area (Å²) in [4.78, 5) is 19.2. The summed E-state index contributed by atoms with van der Waals surface area (Å²) in [6, 6.07) is 8.61.